The van der Waals surface area contributed by atoms with Gasteiger partial charge in [0, 0.05) is 13.0 Å². The first kappa shape index (κ1) is 11.6. The van der Waals surface area contributed by atoms with Crippen molar-refractivity contribution in [3.63, 3.8) is 0 Å². The SMILES string of the molecule is O=C(NCCc1ncno1)C1NCC2CCCC21. The van der Waals surface area contributed by atoms with Gasteiger partial charge in [-0.2, -0.15) is 4.98 Å². The maximum absolute atomic E-state index is 12.1. The van der Waals surface area contributed by atoms with Crippen LogP contribution < -0.4 is 10.6 Å². The number of nitrogens with zero attached hydrogens (tertiary/aromatic N) is 2. The Bertz CT molecular complexity index is 406. The first-order valence-corrected chi connectivity index (χ1v) is 6.61. The van der Waals surface area contributed by atoms with Crippen molar-refractivity contribution in [2.45, 2.75) is 31.7 Å². The van der Waals surface area contributed by atoms with Crippen LogP contribution in [0.4, 0.5) is 0 Å². The van der Waals surface area contributed by atoms with E-state index >= 15 is 0 Å². The number of amides is 1. The maximum atomic E-state index is 12.1. The molecule has 1 amide bonds. The number of fused-ring (bicyclic) bond motifs is 1. The van der Waals surface area contributed by atoms with Gasteiger partial charge in [-0.3, -0.25) is 4.79 Å². The number of aromatic nitrogens is 2. The van der Waals surface area contributed by atoms with Crippen LogP contribution in [0.1, 0.15) is 25.2 Å². The summed E-state index contributed by atoms with van der Waals surface area (Å²) in [6, 6.07) is 0.000171. The van der Waals surface area contributed by atoms with Crippen LogP contribution >= 0.6 is 0 Å². The zero-order valence-corrected chi connectivity index (χ0v) is 10.3. The van der Waals surface area contributed by atoms with Crippen molar-refractivity contribution in [3.8, 4) is 0 Å². The fourth-order valence-corrected chi connectivity index (χ4v) is 3.18. The minimum Gasteiger partial charge on any atom is -0.354 e. The average Bonchev–Trinajstić information content (AvgIpc) is 3.05. The van der Waals surface area contributed by atoms with Gasteiger partial charge >= 0.3 is 0 Å². The average molecular weight is 250 g/mol. The Labute approximate surface area is 106 Å². The van der Waals surface area contributed by atoms with Crippen LogP contribution in [-0.4, -0.2) is 35.2 Å². The van der Waals surface area contributed by atoms with Crippen LogP contribution in [-0.2, 0) is 11.2 Å². The second-order valence-electron chi connectivity index (χ2n) is 5.12. The monoisotopic (exact) mass is 250 g/mol. The lowest BCUT2D eigenvalue weighted by molar-refractivity contribution is -0.123. The fourth-order valence-electron chi connectivity index (χ4n) is 3.18. The molecule has 0 bridgehead atoms. The van der Waals surface area contributed by atoms with Crippen LogP contribution in [0.25, 0.3) is 0 Å². The summed E-state index contributed by atoms with van der Waals surface area (Å²) in [7, 11) is 0. The number of hydrogen-bond acceptors (Lipinski definition) is 5. The first-order chi connectivity index (χ1) is 8.84. The Kier molecular flexibility index (Phi) is 3.27. The van der Waals surface area contributed by atoms with Gasteiger partial charge in [0.05, 0.1) is 6.04 Å². The van der Waals surface area contributed by atoms with Crippen molar-refractivity contribution < 1.29 is 9.32 Å². The van der Waals surface area contributed by atoms with Crippen LogP contribution in [0.2, 0.25) is 0 Å². The highest BCUT2D eigenvalue weighted by atomic mass is 16.5. The molecule has 2 heterocycles. The van der Waals surface area contributed by atoms with E-state index in [0.717, 1.165) is 6.54 Å². The van der Waals surface area contributed by atoms with Gasteiger partial charge < -0.3 is 15.2 Å². The molecule has 18 heavy (non-hydrogen) atoms. The number of carbonyl (C=O) groups excluding carboxylic acids is 1. The first-order valence-electron chi connectivity index (χ1n) is 6.61. The third kappa shape index (κ3) is 2.25. The Morgan fingerprint density at radius 3 is 3.33 bits per heavy atom. The molecule has 3 atom stereocenters. The minimum atomic E-state index is 0.000171. The quantitative estimate of drug-likeness (QED) is 0.793. The topological polar surface area (TPSA) is 80.1 Å². The van der Waals surface area contributed by atoms with E-state index < -0.39 is 0 Å². The molecule has 1 aromatic rings. The lowest BCUT2D eigenvalue weighted by atomic mass is 9.93. The minimum absolute atomic E-state index is 0.000171. The normalized spacial score (nSPS) is 30.3. The standard InChI is InChI=1S/C12H18N4O2/c17-12(13-5-4-10-15-7-16-18-10)11-9-3-1-2-8(9)6-14-11/h7-9,11,14H,1-6H2,(H,13,17). The van der Waals surface area contributed by atoms with E-state index in [0.29, 0.717) is 30.7 Å². The Hall–Kier alpha value is -1.43. The van der Waals surface area contributed by atoms with E-state index in [2.05, 4.69) is 20.8 Å². The zero-order valence-electron chi connectivity index (χ0n) is 10.3. The summed E-state index contributed by atoms with van der Waals surface area (Å²) in [6.07, 6.45) is 5.68. The number of hydrogen-bond donors (Lipinski definition) is 2. The highest BCUT2D eigenvalue weighted by molar-refractivity contribution is 5.82. The van der Waals surface area contributed by atoms with E-state index in [1.807, 2.05) is 0 Å². The largest absolute Gasteiger partial charge is 0.354 e. The lowest BCUT2D eigenvalue weighted by Gasteiger charge is -2.17. The van der Waals surface area contributed by atoms with Gasteiger partial charge in [-0.05, 0) is 31.2 Å². The molecule has 2 fully saturated rings. The predicted octanol–water partition coefficient (Wildman–Crippen LogP) is 0.116. The molecule has 0 spiro atoms. The smallest absolute Gasteiger partial charge is 0.237 e. The second kappa shape index (κ2) is 5.06. The van der Waals surface area contributed by atoms with Crippen molar-refractivity contribution in [1.82, 2.24) is 20.8 Å². The van der Waals surface area contributed by atoms with Gasteiger partial charge in [-0.15, -0.1) is 0 Å². The summed E-state index contributed by atoms with van der Waals surface area (Å²) in [5.41, 5.74) is 0. The Morgan fingerprint density at radius 2 is 2.50 bits per heavy atom. The zero-order chi connectivity index (χ0) is 12.4. The molecule has 6 heteroatoms. The van der Waals surface area contributed by atoms with Crippen LogP contribution in [0, 0.1) is 11.8 Å². The molecule has 2 N–H and O–H groups in total. The van der Waals surface area contributed by atoms with Crippen molar-refractivity contribution >= 4 is 5.91 Å². The van der Waals surface area contributed by atoms with E-state index in [4.69, 9.17) is 4.52 Å². The molecule has 1 saturated heterocycles. The number of rotatable bonds is 4. The van der Waals surface area contributed by atoms with Gasteiger partial charge in [0.1, 0.15) is 0 Å². The molecule has 6 nitrogen and oxygen atoms in total. The highest BCUT2D eigenvalue weighted by Gasteiger charge is 2.42. The molecule has 0 aromatic carbocycles. The molecule has 1 aliphatic carbocycles. The molecule has 1 saturated carbocycles. The Morgan fingerprint density at radius 1 is 1.56 bits per heavy atom. The Balaban J connectivity index is 1.47. The summed E-state index contributed by atoms with van der Waals surface area (Å²) >= 11 is 0. The highest BCUT2D eigenvalue weighted by Crippen LogP contribution is 2.37. The van der Waals surface area contributed by atoms with Gasteiger partial charge in [0.2, 0.25) is 11.8 Å². The van der Waals surface area contributed by atoms with Crippen molar-refractivity contribution in [2.75, 3.05) is 13.1 Å². The summed E-state index contributed by atoms with van der Waals surface area (Å²) in [4.78, 5) is 16.0. The fraction of sp³-hybridized carbons (Fsp3) is 0.750. The maximum Gasteiger partial charge on any atom is 0.237 e. The predicted molar refractivity (Wildman–Crippen MR) is 63.6 cm³/mol. The van der Waals surface area contributed by atoms with Crippen LogP contribution in [0.3, 0.4) is 0 Å². The summed E-state index contributed by atoms with van der Waals surface area (Å²) in [5.74, 6) is 1.92. The van der Waals surface area contributed by atoms with Gasteiger partial charge in [0.15, 0.2) is 6.33 Å². The summed E-state index contributed by atoms with van der Waals surface area (Å²) in [6.45, 7) is 1.54. The second-order valence-corrected chi connectivity index (χ2v) is 5.12. The third-order valence-electron chi connectivity index (χ3n) is 4.07. The van der Waals surface area contributed by atoms with Crippen molar-refractivity contribution in [2.24, 2.45) is 11.8 Å². The van der Waals surface area contributed by atoms with Crippen molar-refractivity contribution in [1.29, 1.82) is 0 Å². The molecule has 3 rings (SSSR count). The lowest BCUT2D eigenvalue weighted by Crippen LogP contribution is -2.44. The van der Waals surface area contributed by atoms with Gasteiger partial charge in [0.25, 0.3) is 0 Å². The summed E-state index contributed by atoms with van der Waals surface area (Å²) < 4.78 is 4.88. The molecule has 3 unspecified atom stereocenters. The van der Waals surface area contributed by atoms with E-state index in [9.17, 15) is 4.79 Å². The van der Waals surface area contributed by atoms with Crippen LogP contribution in [0.15, 0.2) is 10.9 Å². The molecule has 1 aliphatic heterocycles. The van der Waals surface area contributed by atoms with Gasteiger partial charge in [-0.25, -0.2) is 0 Å². The van der Waals surface area contributed by atoms with Crippen LogP contribution in [0.5, 0.6) is 0 Å². The van der Waals surface area contributed by atoms with Crippen molar-refractivity contribution in [3.05, 3.63) is 12.2 Å². The van der Waals surface area contributed by atoms with Gasteiger partial charge in [-0.1, -0.05) is 11.6 Å². The molecule has 2 aliphatic rings. The van der Waals surface area contributed by atoms with E-state index in [1.165, 1.54) is 25.6 Å². The number of nitrogens with one attached hydrogen (secondary N) is 2. The molecule has 1 aromatic heterocycles. The molecular weight excluding hydrogens is 232 g/mol. The molecule has 98 valence electrons. The molecule has 0 radical (unpaired) electrons. The van der Waals surface area contributed by atoms with E-state index in [1.54, 1.807) is 0 Å². The third-order valence-corrected chi connectivity index (χ3v) is 4.07. The number of carbonyl (C=O) groups is 1. The molecular formula is C12H18N4O2. The van der Waals surface area contributed by atoms with E-state index in [-0.39, 0.29) is 11.9 Å². The summed E-state index contributed by atoms with van der Waals surface area (Å²) in [5, 5.41) is 9.81.